The van der Waals surface area contributed by atoms with Gasteiger partial charge in [0.2, 0.25) is 5.91 Å². The summed E-state index contributed by atoms with van der Waals surface area (Å²) in [7, 11) is 1.55. The summed E-state index contributed by atoms with van der Waals surface area (Å²) in [4.78, 5) is 23.1. The minimum Gasteiger partial charge on any atom is -0.398 e. The number of carbonyl (C=O) groups is 2. The van der Waals surface area contributed by atoms with Crippen LogP contribution in [0.2, 0.25) is 0 Å². The summed E-state index contributed by atoms with van der Waals surface area (Å²) < 4.78 is 5.44. The van der Waals surface area contributed by atoms with E-state index in [1.807, 2.05) is 0 Å². The van der Waals surface area contributed by atoms with Gasteiger partial charge in [-0.05, 0) is 34.1 Å². The van der Waals surface area contributed by atoms with Crippen LogP contribution in [0.1, 0.15) is 10.4 Å². The van der Waals surface area contributed by atoms with Crippen LogP contribution >= 0.6 is 15.9 Å². The topological polar surface area (TPSA) is 93.5 Å². The molecule has 2 amide bonds. The molecule has 0 spiro atoms. The standard InChI is InChI=1S/C12H16BrN3O3/c1-19-5-4-15-11(17)7-16-12(18)8-2-3-10(14)9(13)6-8/h2-3,6H,4-5,7,14H2,1H3,(H,15,17)(H,16,18). The van der Waals surface area contributed by atoms with Crippen molar-refractivity contribution in [1.29, 1.82) is 0 Å². The number of methoxy groups -OCH3 is 1. The third kappa shape index (κ3) is 5.27. The molecule has 7 heteroatoms. The van der Waals surface area contributed by atoms with Crippen molar-refractivity contribution in [3.05, 3.63) is 28.2 Å². The van der Waals surface area contributed by atoms with Crippen LogP contribution in [0.15, 0.2) is 22.7 Å². The largest absolute Gasteiger partial charge is 0.398 e. The van der Waals surface area contributed by atoms with Gasteiger partial charge < -0.3 is 21.1 Å². The Bertz CT molecular complexity index is 466. The highest BCUT2D eigenvalue weighted by Crippen LogP contribution is 2.20. The molecule has 0 aliphatic heterocycles. The first-order valence-electron chi connectivity index (χ1n) is 5.63. The molecule has 0 saturated carbocycles. The monoisotopic (exact) mass is 329 g/mol. The lowest BCUT2D eigenvalue weighted by atomic mass is 10.2. The van der Waals surface area contributed by atoms with Crippen LogP contribution in [0.5, 0.6) is 0 Å². The second-order valence-corrected chi connectivity index (χ2v) is 4.62. The number of carbonyl (C=O) groups excluding carboxylic acids is 2. The van der Waals surface area contributed by atoms with Gasteiger partial charge in [0, 0.05) is 29.4 Å². The van der Waals surface area contributed by atoms with E-state index in [-0.39, 0.29) is 18.4 Å². The number of halogens is 1. The first-order chi connectivity index (χ1) is 9.04. The summed E-state index contributed by atoms with van der Waals surface area (Å²) in [6, 6.07) is 4.82. The molecule has 0 saturated heterocycles. The molecule has 0 radical (unpaired) electrons. The molecule has 1 aromatic carbocycles. The number of nitrogen functional groups attached to an aromatic ring is 1. The average Bonchev–Trinajstić information content (AvgIpc) is 2.39. The van der Waals surface area contributed by atoms with E-state index in [4.69, 9.17) is 10.5 Å². The Morgan fingerprint density at radius 2 is 2.11 bits per heavy atom. The summed E-state index contributed by atoms with van der Waals surface area (Å²) in [5.41, 5.74) is 6.61. The van der Waals surface area contributed by atoms with Gasteiger partial charge >= 0.3 is 0 Å². The summed E-state index contributed by atoms with van der Waals surface area (Å²) in [6.45, 7) is 0.772. The maximum Gasteiger partial charge on any atom is 0.251 e. The third-order valence-electron chi connectivity index (χ3n) is 2.30. The zero-order valence-electron chi connectivity index (χ0n) is 10.5. The van der Waals surface area contributed by atoms with E-state index in [9.17, 15) is 9.59 Å². The molecule has 0 aliphatic rings. The SMILES string of the molecule is COCCNC(=O)CNC(=O)c1ccc(N)c(Br)c1. The number of hydrogen-bond acceptors (Lipinski definition) is 4. The number of ether oxygens (including phenoxy) is 1. The Balaban J connectivity index is 2.42. The highest BCUT2D eigenvalue weighted by Gasteiger charge is 2.09. The second kappa shape index (κ2) is 7.75. The minimum atomic E-state index is -0.331. The number of rotatable bonds is 6. The number of hydrogen-bond donors (Lipinski definition) is 3. The zero-order valence-corrected chi connectivity index (χ0v) is 12.1. The molecular weight excluding hydrogens is 314 g/mol. The molecule has 0 unspecified atom stereocenters. The Hall–Kier alpha value is -1.60. The van der Waals surface area contributed by atoms with Gasteiger partial charge in [0.15, 0.2) is 0 Å². The lowest BCUT2D eigenvalue weighted by Gasteiger charge is -2.07. The van der Waals surface area contributed by atoms with Gasteiger partial charge in [-0.3, -0.25) is 9.59 Å². The normalized spacial score (nSPS) is 10.0. The summed E-state index contributed by atoms with van der Waals surface area (Å²) in [6.07, 6.45) is 0. The van der Waals surface area contributed by atoms with E-state index < -0.39 is 0 Å². The van der Waals surface area contributed by atoms with Crippen molar-refractivity contribution in [2.45, 2.75) is 0 Å². The van der Waals surface area contributed by atoms with E-state index in [1.165, 1.54) is 0 Å². The van der Waals surface area contributed by atoms with E-state index >= 15 is 0 Å². The van der Waals surface area contributed by atoms with Crippen molar-refractivity contribution in [2.75, 3.05) is 32.5 Å². The smallest absolute Gasteiger partial charge is 0.251 e. The van der Waals surface area contributed by atoms with Crippen molar-refractivity contribution in [2.24, 2.45) is 0 Å². The molecule has 0 aromatic heterocycles. The van der Waals surface area contributed by atoms with Crippen LogP contribution in [0, 0.1) is 0 Å². The van der Waals surface area contributed by atoms with Crippen molar-refractivity contribution in [3.63, 3.8) is 0 Å². The summed E-state index contributed by atoms with van der Waals surface area (Å²) in [5.74, 6) is -0.595. The second-order valence-electron chi connectivity index (χ2n) is 3.76. The minimum absolute atomic E-state index is 0.0788. The first-order valence-corrected chi connectivity index (χ1v) is 6.42. The lowest BCUT2D eigenvalue weighted by Crippen LogP contribution is -2.38. The van der Waals surface area contributed by atoms with Crippen LogP contribution < -0.4 is 16.4 Å². The Labute approximate surface area is 119 Å². The van der Waals surface area contributed by atoms with Gasteiger partial charge in [-0.2, -0.15) is 0 Å². The van der Waals surface area contributed by atoms with E-state index in [2.05, 4.69) is 26.6 Å². The molecule has 0 aliphatic carbocycles. The highest BCUT2D eigenvalue weighted by atomic mass is 79.9. The maximum absolute atomic E-state index is 11.8. The molecule has 1 aromatic rings. The molecule has 4 N–H and O–H groups in total. The fourth-order valence-corrected chi connectivity index (χ4v) is 1.66. The Morgan fingerprint density at radius 3 is 2.74 bits per heavy atom. The molecule has 19 heavy (non-hydrogen) atoms. The zero-order chi connectivity index (χ0) is 14.3. The fourth-order valence-electron chi connectivity index (χ4n) is 1.29. The van der Waals surface area contributed by atoms with Crippen molar-refractivity contribution in [3.8, 4) is 0 Å². The molecule has 0 heterocycles. The number of benzene rings is 1. The molecule has 104 valence electrons. The number of amides is 2. The molecular formula is C12H16BrN3O3. The van der Waals surface area contributed by atoms with Crippen LogP contribution in [0.25, 0.3) is 0 Å². The van der Waals surface area contributed by atoms with Crippen molar-refractivity contribution >= 4 is 33.4 Å². The number of anilines is 1. The highest BCUT2D eigenvalue weighted by molar-refractivity contribution is 9.10. The van der Waals surface area contributed by atoms with Crippen molar-refractivity contribution in [1.82, 2.24) is 10.6 Å². The fraction of sp³-hybridized carbons (Fsp3) is 0.333. The lowest BCUT2D eigenvalue weighted by molar-refractivity contribution is -0.120. The Morgan fingerprint density at radius 1 is 1.37 bits per heavy atom. The Kier molecular flexibility index (Phi) is 6.31. The van der Waals surface area contributed by atoms with E-state index in [0.29, 0.717) is 28.9 Å². The van der Waals surface area contributed by atoms with E-state index in [0.717, 1.165) is 0 Å². The molecule has 0 atom stereocenters. The van der Waals surface area contributed by atoms with Gasteiger partial charge in [0.05, 0.1) is 13.2 Å². The average molecular weight is 330 g/mol. The van der Waals surface area contributed by atoms with Crippen LogP contribution in [0.4, 0.5) is 5.69 Å². The third-order valence-corrected chi connectivity index (χ3v) is 2.99. The van der Waals surface area contributed by atoms with Gasteiger partial charge in [0.25, 0.3) is 5.91 Å². The van der Waals surface area contributed by atoms with E-state index in [1.54, 1.807) is 25.3 Å². The van der Waals surface area contributed by atoms with Crippen molar-refractivity contribution < 1.29 is 14.3 Å². The van der Waals surface area contributed by atoms with Gasteiger partial charge in [-0.1, -0.05) is 0 Å². The summed E-state index contributed by atoms with van der Waals surface area (Å²) >= 11 is 3.24. The maximum atomic E-state index is 11.8. The molecule has 1 rings (SSSR count). The van der Waals surface area contributed by atoms with Crippen LogP contribution in [0.3, 0.4) is 0 Å². The number of nitrogens with one attached hydrogen (secondary N) is 2. The van der Waals surface area contributed by atoms with Crippen LogP contribution in [-0.2, 0) is 9.53 Å². The van der Waals surface area contributed by atoms with Crippen LogP contribution in [-0.4, -0.2) is 38.6 Å². The predicted octanol–water partition coefficient (Wildman–Crippen LogP) is 0.524. The number of nitrogens with two attached hydrogens (primary N) is 1. The van der Waals surface area contributed by atoms with Gasteiger partial charge in [-0.15, -0.1) is 0 Å². The van der Waals surface area contributed by atoms with Gasteiger partial charge in [0.1, 0.15) is 0 Å². The molecule has 0 bridgehead atoms. The molecule has 0 fully saturated rings. The predicted molar refractivity (Wildman–Crippen MR) is 75.8 cm³/mol. The van der Waals surface area contributed by atoms with Gasteiger partial charge in [-0.25, -0.2) is 0 Å². The quantitative estimate of drug-likeness (QED) is 0.524. The summed E-state index contributed by atoms with van der Waals surface area (Å²) in [5, 5.41) is 5.12. The first kappa shape index (κ1) is 15.5. The molecule has 6 nitrogen and oxygen atoms in total.